The molecule has 2 atom stereocenters. The highest BCUT2D eigenvalue weighted by molar-refractivity contribution is 5.36. The molecule has 4 heteroatoms. The van der Waals surface area contributed by atoms with Crippen molar-refractivity contribution >= 4 is 5.95 Å². The van der Waals surface area contributed by atoms with Crippen LogP contribution in [0.5, 0.6) is 0 Å². The van der Waals surface area contributed by atoms with Crippen LogP contribution in [0.2, 0.25) is 0 Å². The third-order valence-corrected chi connectivity index (χ3v) is 5.00. The van der Waals surface area contributed by atoms with Gasteiger partial charge >= 0.3 is 0 Å². The smallest absolute Gasteiger partial charge is 0.206 e. The van der Waals surface area contributed by atoms with E-state index in [1.54, 1.807) is 0 Å². The van der Waals surface area contributed by atoms with E-state index in [0.29, 0.717) is 12.1 Å². The van der Waals surface area contributed by atoms with Crippen molar-refractivity contribution in [1.82, 2.24) is 14.9 Å². The number of rotatable bonds is 5. The van der Waals surface area contributed by atoms with Crippen LogP contribution in [-0.4, -0.2) is 34.2 Å². The number of imidazole rings is 1. The van der Waals surface area contributed by atoms with Crippen LogP contribution in [0.15, 0.2) is 6.20 Å². The third kappa shape index (κ3) is 2.96. The Morgan fingerprint density at radius 3 is 2.57 bits per heavy atom. The Labute approximate surface area is 128 Å². The fourth-order valence-electron chi connectivity index (χ4n) is 4.06. The number of anilines is 1. The van der Waals surface area contributed by atoms with Crippen molar-refractivity contribution in [2.24, 2.45) is 0 Å². The molecule has 1 aromatic rings. The van der Waals surface area contributed by atoms with E-state index in [1.165, 1.54) is 38.1 Å². The lowest BCUT2D eigenvalue weighted by atomic mass is 9.98. The van der Waals surface area contributed by atoms with Crippen LogP contribution in [0.4, 0.5) is 5.95 Å². The van der Waals surface area contributed by atoms with E-state index in [-0.39, 0.29) is 0 Å². The second kappa shape index (κ2) is 5.99. The SMILES string of the molecule is CCCN(c1nc(C)cn1C(C)C)C1CC2CCC(C1)N2. The largest absolute Gasteiger partial charge is 0.339 e. The van der Waals surface area contributed by atoms with Crippen LogP contribution >= 0.6 is 0 Å². The van der Waals surface area contributed by atoms with E-state index in [4.69, 9.17) is 4.98 Å². The first-order valence-corrected chi connectivity index (χ1v) is 8.66. The Morgan fingerprint density at radius 1 is 1.33 bits per heavy atom. The molecule has 0 aromatic carbocycles. The third-order valence-electron chi connectivity index (χ3n) is 5.00. The Morgan fingerprint density at radius 2 is 2.00 bits per heavy atom. The summed E-state index contributed by atoms with van der Waals surface area (Å²) in [6.07, 6.45) is 8.67. The first-order valence-electron chi connectivity index (χ1n) is 8.66. The van der Waals surface area contributed by atoms with Crippen molar-refractivity contribution in [3.05, 3.63) is 11.9 Å². The monoisotopic (exact) mass is 290 g/mol. The van der Waals surface area contributed by atoms with Crippen molar-refractivity contribution in [3.8, 4) is 0 Å². The summed E-state index contributed by atoms with van der Waals surface area (Å²) in [6.45, 7) is 10.0. The summed E-state index contributed by atoms with van der Waals surface area (Å²) in [5, 5.41) is 3.76. The van der Waals surface area contributed by atoms with Crippen molar-refractivity contribution in [2.75, 3.05) is 11.4 Å². The van der Waals surface area contributed by atoms with E-state index in [0.717, 1.165) is 24.3 Å². The molecule has 2 bridgehead atoms. The molecule has 3 rings (SSSR count). The molecule has 4 nitrogen and oxygen atoms in total. The number of hydrogen-bond donors (Lipinski definition) is 1. The highest BCUT2D eigenvalue weighted by atomic mass is 15.3. The van der Waals surface area contributed by atoms with Gasteiger partial charge in [0.25, 0.3) is 0 Å². The predicted octanol–water partition coefficient (Wildman–Crippen LogP) is 3.27. The van der Waals surface area contributed by atoms with Gasteiger partial charge in [0.15, 0.2) is 0 Å². The number of piperidine rings is 1. The van der Waals surface area contributed by atoms with Gasteiger partial charge in [-0.15, -0.1) is 0 Å². The van der Waals surface area contributed by atoms with Crippen LogP contribution in [0.3, 0.4) is 0 Å². The molecular weight excluding hydrogens is 260 g/mol. The van der Waals surface area contributed by atoms with Gasteiger partial charge in [-0.2, -0.15) is 0 Å². The van der Waals surface area contributed by atoms with Crippen LogP contribution in [0.25, 0.3) is 0 Å². The molecule has 2 aliphatic rings. The average Bonchev–Trinajstić information content (AvgIpc) is 2.99. The molecule has 3 heterocycles. The van der Waals surface area contributed by atoms with E-state index >= 15 is 0 Å². The van der Waals surface area contributed by atoms with Crippen LogP contribution < -0.4 is 10.2 Å². The lowest BCUT2D eigenvalue weighted by molar-refractivity contribution is 0.341. The summed E-state index contributed by atoms with van der Waals surface area (Å²) >= 11 is 0. The first kappa shape index (κ1) is 14.9. The van der Waals surface area contributed by atoms with E-state index in [9.17, 15) is 0 Å². The zero-order chi connectivity index (χ0) is 15.0. The molecule has 2 fully saturated rings. The molecule has 21 heavy (non-hydrogen) atoms. The second-order valence-corrected chi connectivity index (χ2v) is 7.14. The number of hydrogen-bond acceptors (Lipinski definition) is 3. The highest BCUT2D eigenvalue weighted by Gasteiger charge is 2.37. The van der Waals surface area contributed by atoms with Crippen molar-refractivity contribution in [1.29, 1.82) is 0 Å². The van der Waals surface area contributed by atoms with Gasteiger partial charge in [0.05, 0.1) is 5.69 Å². The summed E-state index contributed by atoms with van der Waals surface area (Å²) in [5.41, 5.74) is 1.14. The van der Waals surface area contributed by atoms with E-state index in [1.807, 2.05) is 0 Å². The Bertz CT molecular complexity index is 467. The Balaban J connectivity index is 1.87. The molecule has 0 radical (unpaired) electrons. The molecule has 0 amide bonds. The number of fused-ring (bicyclic) bond motifs is 2. The first-order chi connectivity index (χ1) is 10.1. The maximum Gasteiger partial charge on any atom is 0.206 e. The van der Waals surface area contributed by atoms with Gasteiger partial charge < -0.3 is 14.8 Å². The molecule has 0 spiro atoms. The van der Waals surface area contributed by atoms with Crippen LogP contribution in [-0.2, 0) is 0 Å². The normalized spacial score (nSPS) is 28.3. The molecule has 118 valence electrons. The maximum atomic E-state index is 4.86. The fourth-order valence-corrected chi connectivity index (χ4v) is 4.06. The van der Waals surface area contributed by atoms with E-state index < -0.39 is 0 Å². The molecule has 0 saturated carbocycles. The maximum absolute atomic E-state index is 4.86. The zero-order valence-electron chi connectivity index (χ0n) is 14.0. The van der Waals surface area contributed by atoms with Crippen molar-refractivity contribution in [2.45, 2.75) is 84.0 Å². The molecular formula is C17H30N4. The number of nitrogens with zero attached hydrogens (tertiary/aromatic N) is 3. The summed E-state index contributed by atoms with van der Waals surface area (Å²) in [5.74, 6) is 1.19. The minimum atomic E-state index is 0.471. The van der Waals surface area contributed by atoms with Crippen LogP contribution in [0, 0.1) is 6.92 Å². The molecule has 2 aliphatic heterocycles. The van der Waals surface area contributed by atoms with Crippen molar-refractivity contribution in [3.63, 3.8) is 0 Å². The van der Waals surface area contributed by atoms with Gasteiger partial charge in [0, 0.05) is 36.9 Å². The van der Waals surface area contributed by atoms with Gasteiger partial charge in [0.2, 0.25) is 5.95 Å². The van der Waals surface area contributed by atoms with Gasteiger partial charge in [-0.3, -0.25) is 0 Å². The minimum absolute atomic E-state index is 0.471. The van der Waals surface area contributed by atoms with Crippen molar-refractivity contribution < 1.29 is 0 Å². The van der Waals surface area contributed by atoms with Gasteiger partial charge in [-0.05, 0) is 52.9 Å². The summed E-state index contributed by atoms with van der Waals surface area (Å²) < 4.78 is 2.36. The number of aromatic nitrogens is 2. The second-order valence-electron chi connectivity index (χ2n) is 7.14. The van der Waals surface area contributed by atoms with Gasteiger partial charge in [-0.1, -0.05) is 6.92 Å². The summed E-state index contributed by atoms with van der Waals surface area (Å²) in [7, 11) is 0. The Hall–Kier alpha value is -1.03. The topological polar surface area (TPSA) is 33.1 Å². The summed E-state index contributed by atoms with van der Waals surface area (Å²) in [4.78, 5) is 7.46. The standard InChI is InChI=1S/C17H30N4/c1-5-8-20(16-9-14-6-7-15(10-16)19-14)17-18-13(4)11-21(17)12(2)3/h11-12,14-16,19H,5-10H2,1-4H3. The molecule has 2 saturated heterocycles. The quantitative estimate of drug-likeness (QED) is 0.903. The van der Waals surface area contributed by atoms with Crippen LogP contribution in [0.1, 0.15) is 64.6 Å². The van der Waals surface area contributed by atoms with Gasteiger partial charge in [0.1, 0.15) is 0 Å². The van der Waals surface area contributed by atoms with Gasteiger partial charge in [-0.25, -0.2) is 4.98 Å². The number of nitrogens with one attached hydrogen (secondary N) is 1. The predicted molar refractivity (Wildman–Crippen MR) is 88.0 cm³/mol. The molecule has 1 N–H and O–H groups in total. The zero-order valence-corrected chi connectivity index (χ0v) is 14.0. The minimum Gasteiger partial charge on any atom is -0.339 e. The average molecular weight is 290 g/mol. The fraction of sp³-hybridized carbons (Fsp3) is 0.824. The lowest BCUT2D eigenvalue weighted by Crippen LogP contribution is -2.49. The molecule has 1 aromatic heterocycles. The highest BCUT2D eigenvalue weighted by Crippen LogP contribution is 2.32. The molecule has 2 unspecified atom stereocenters. The van der Waals surface area contributed by atoms with E-state index in [2.05, 4.69) is 48.7 Å². The Kier molecular flexibility index (Phi) is 4.25. The summed E-state index contributed by atoms with van der Waals surface area (Å²) in [6, 6.07) is 2.59. The lowest BCUT2D eigenvalue weighted by Gasteiger charge is -2.39. The molecule has 0 aliphatic carbocycles. The number of aryl methyl sites for hydroxylation is 1.